The summed E-state index contributed by atoms with van der Waals surface area (Å²) >= 11 is 0. The number of nitrogens with one attached hydrogen (secondary N) is 1. The number of carbonyl (C=O) groups excluding carboxylic acids is 1. The molecule has 3 rings (SSSR count). The van der Waals surface area contributed by atoms with Crippen molar-refractivity contribution in [1.29, 1.82) is 0 Å². The van der Waals surface area contributed by atoms with Gasteiger partial charge in [0.25, 0.3) is 0 Å². The van der Waals surface area contributed by atoms with E-state index in [2.05, 4.69) is 22.2 Å². The molecule has 1 fully saturated rings. The number of likely N-dealkylation sites (tertiary alicyclic amines) is 1. The van der Waals surface area contributed by atoms with E-state index in [0.717, 1.165) is 30.8 Å². The third-order valence-corrected chi connectivity index (χ3v) is 4.91. The smallest absolute Gasteiger partial charge is 0.244 e. The Labute approximate surface area is 155 Å². The number of rotatable bonds is 7. The summed E-state index contributed by atoms with van der Waals surface area (Å²) in [6, 6.07) is 10.6. The van der Waals surface area contributed by atoms with Crippen molar-refractivity contribution in [2.24, 2.45) is 0 Å². The zero-order valence-corrected chi connectivity index (χ0v) is 15.5. The molecule has 0 unspecified atom stereocenters. The summed E-state index contributed by atoms with van der Waals surface area (Å²) in [5.74, 6) is -0.0517. The molecule has 1 atom stereocenters. The molecule has 1 aromatic heterocycles. The molecule has 1 N–H and O–H groups in total. The highest BCUT2D eigenvalue weighted by Gasteiger charge is 2.17. The number of aromatic nitrogens is 2. The Hall–Kier alpha value is -2.40. The molecular formula is C21H28N4O. The van der Waals surface area contributed by atoms with Crippen LogP contribution in [-0.2, 0) is 4.79 Å². The van der Waals surface area contributed by atoms with E-state index < -0.39 is 0 Å². The molecule has 0 aliphatic carbocycles. The van der Waals surface area contributed by atoms with Crippen LogP contribution in [0.25, 0.3) is 11.8 Å². The minimum atomic E-state index is -0.0517. The van der Waals surface area contributed by atoms with Gasteiger partial charge in [0, 0.05) is 37.0 Å². The largest absolute Gasteiger partial charge is 0.353 e. The Morgan fingerprint density at radius 1 is 1.31 bits per heavy atom. The second-order valence-corrected chi connectivity index (χ2v) is 6.91. The summed E-state index contributed by atoms with van der Waals surface area (Å²) in [7, 11) is 0. The lowest BCUT2D eigenvalue weighted by Gasteiger charge is -2.33. The van der Waals surface area contributed by atoms with Crippen LogP contribution in [0, 0.1) is 0 Å². The molecule has 138 valence electrons. The molecule has 1 aromatic carbocycles. The van der Waals surface area contributed by atoms with Gasteiger partial charge in [-0.2, -0.15) is 5.10 Å². The standard InChI is InChI=1S/C21H28N4O/c1-18-8-5-6-14-24(18)15-7-13-22-21(26)12-11-19-16-23-25(17-19)20-9-3-2-4-10-20/h2-4,9-12,16-18H,5-8,13-15H2,1H3,(H,22,26)/b12-11+/t18-/m0/s1. The van der Waals surface area contributed by atoms with Gasteiger partial charge in [-0.1, -0.05) is 24.6 Å². The van der Waals surface area contributed by atoms with Gasteiger partial charge in [0.1, 0.15) is 0 Å². The van der Waals surface area contributed by atoms with E-state index in [0.29, 0.717) is 6.04 Å². The van der Waals surface area contributed by atoms with Gasteiger partial charge in [-0.25, -0.2) is 4.68 Å². The normalized spacial score (nSPS) is 18.3. The maximum atomic E-state index is 12.0. The number of amides is 1. The topological polar surface area (TPSA) is 50.2 Å². The highest BCUT2D eigenvalue weighted by Crippen LogP contribution is 2.16. The summed E-state index contributed by atoms with van der Waals surface area (Å²) in [6.45, 7) is 5.28. The van der Waals surface area contributed by atoms with E-state index in [-0.39, 0.29) is 5.91 Å². The molecule has 5 nitrogen and oxygen atoms in total. The maximum absolute atomic E-state index is 12.0. The van der Waals surface area contributed by atoms with Gasteiger partial charge in [0.2, 0.25) is 5.91 Å². The molecular weight excluding hydrogens is 324 g/mol. The lowest BCUT2D eigenvalue weighted by molar-refractivity contribution is -0.116. The van der Waals surface area contributed by atoms with Gasteiger partial charge in [-0.05, 0) is 50.9 Å². The van der Waals surface area contributed by atoms with Crippen LogP contribution in [0.1, 0.15) is 38.2 Å². The summed E-state index contributed by atoms with van der Waals surface area (Å²) in [5, 5.41) is 7.29. The molecule has 26 heavy (non-hydrogen) atoms. The highest BCUT2D eigenvalue weighted by atomic mass is 16.1. The number of benzene rings is 1. The molecule has 1 saturated heterocycles. The molecule has 0 radical (unpaired) electrons. The summed E-state index contributed by atoms with van der Waals surface area (Å²) in [6.07, 6.45) is 12.0. The average Bonchev–Trinajstić information content (AvgIpc) is 3.15. The first-order chi connectivity index (χ1) is 12.7. The number of hydrogen-bond donors (Lipinski definition) is 1. The van der Waals surface area contributed by atoms with Crippen LogP contribution in [0.3, 0.4) is 0 Å². The lowest BCUT2D eigenvalue weighted by Crippen LogP contribution is -2.39. The SMILES string of the molecule is C[C@H]1CCCCN1CCCNC(=O)/C=C/c1cnn(-c2ccccc2)c1. The fraction of sp³-hybridized carbons (Fsp3) is 0.429. The number of para-hydroxylation sites is 1. The minimum Gasteiger partial charge on any atom is -0.353 e. The third-order valence-electron chi connectivity index (χ3n) is 4.91. The van der Waals surface area contributed by atoms with E-state index in [1.807, 2.05) is 36.5 Å². The Kier molecular flexibility index (Phi) is 6.61. The molecule has 2 heterocycles. The number of nitrogens with zero attached hydrogens (tertiary/aromatic N) is 3. The highest BCUT2D eigenvalue weighted by molar-refractivity contribution is 5.91. The van der Waals surface area contributed by atoms with E-state index in [4.69, 9.17) is 0 Å². The Morgan fingerprint density at radius 2 is 2.15 bits per heavy atom. The minimum absolute atomic E-state index is 0.0517. The zero-order chi connectivity index (χ0) is 18.2. The van der Waals surface area contributed by atoms with Crippen molar-refractivity contribution in [3.63, 3.8) is 0 Å². The van der Waals surface area contributed by atoms with Crippen LogP contribution in [0.2, 0.25) is 0 Å². The van der Waals surface area contributed by atoms with Gasteiger partial charge >= 0.3 is 0 Å². The van der Waals surface area contributed by atoms with Gasteiger partial charge in [-0.3, -0.25) is 4.79 Å². The van der Waals surface area contributed by atoms with E-state index in [1.54, 1.807) is 23.0 Å². The van der Waals surface area contributed by atoms with Crippen LogP contribution in [0.15, 0.2) is 48.8 Å². The molecule has 0 saturated carbocycles. The zero-order valence-electron chi connectivity index (χ0n) is 15.5. The fourth-order valence-corrected chi connectivity index (χ4v) is 3.36. The van der Waals surface area contributed by atoms with Crippen molar-refractivity contribution in [2.45, 2.75) is 38.6 Å². The van der Waals surface area contributed by atoms with Crippen molar-refractivity contribution in [3.05, 3.63) is 54.4 Å². The van der Waals surface area contributed by atoms with Crippen molar-refractivity contribution >= 4 is 12.0 Å². The Morgan fingerprint density at radius 3 is 2.96 bits per heavy atom. The van der Waals surface area contributed by atoms with Gasteiger partial charge in [-0.15, -0.1) is 0 Å². The van der Waals surface area contributed by atoms with Gasteiger partial charge in [0.05, 0.1) is 11.9 Å². The second-order valence-electron chi connectivity index (χ2n) is 6.91. The summed E-state index contributed by atoms with van der Waals surface area (Å²) < 4.78 is 1.80. The molecule has 0 bridgehead atoms. The Balaban J connectivity index is 1.40. The molecule has 1 amide bonds. The predicted octanol–water partition coefficient (Wildman–Crippen LogP) is 3.27. The van der Waals surface area contributed by atoms with Crippen LogP contribution >= 0.6 is 0 Å². The maximum Gasteiger partial charge on any atom is 0.244 e. The van der Waals surface area contributed by atoms with E-state index >= 15 is 0 Å². The first-order valence-corrected chi connectivity index (χ1v) is 9.52. The molecule has 2 aromatic rings. The number of piperidine rings is 1. The fourth-order valence-electron chi connectivity index (χ4n) is 3.36. The molecule has 5 heteroatoms. The lowest BCUT2D eigenvalue weighted by atomic mass is 10.0. The van der Waals surface area contributed by atoms with Crippen molar-refractivity contribution < 1.29 is 4.79 Å². The van der Waals surface area contributed by atoms with E-state index in [1.165, 1.54) is 25.8 Å². The van der Waals surface area contributed by atoms with Crippen molar-refractivity contribution in [1.82, 2.24) is 20.0 Å². The van der Waals surface area contributed by atoms with Crippen molar-refractivity contribution in [2.75, 3.05) is 19.6 Å². The molecule has 1 aliphatic heterocycles. The van der Waals surface area contributed by atoms with Crippen LogP contribution in [0.5, 0.6) is 0 Å². The van der Waals surface area contributed by atoms with Crippen molar-refractivity contribution in [3.8, 4) is 5.69 Å². The van der Waals surface area contributed by atoms with Crippen LogP contribution < -0.4 is 5.32 Å². The second kappa shape index (κ2) is 9.34. The van der Waals surface area contributed by atoms with Gasteiger partial charge in [0.15, 0.2) is 0 Å². The van der Waals surface area contributed by atoms with Crippen LogP contribution in [0.4, 0.5) is 0 Å². The summed E-state index contributed by atoms with van der Waals surface area (Å²) in [4.78, 5) is 14.5. The van der Waals surface area contributed by atoms with Crippen LogP contribution in [-0.4, -0.2) is 46.3 Å². The summed E-state index contributed by atoms with van der Waals surface area (Å²) in [5.41, 5.74) is 1.91. The van der Waals surface area contributed by atoms with E-state index in [9.17, 15) is 4.79 Å². The monoisotopic (exact) mass is 352 g/mol. The average molecular weight is 352 g/mol. The quantitative estimate of drug-likeness (QED) is 0.615. The Bertz CT molecular complexity index is 723. The first kappa shape index (κ1) is 18.4. The predicted molar refractivity (Wildman–Crippen MR) is 105 cm³/mol. The third kappa shape index (κ3) is 5.30. The first-order valence-electron chi connectivity index (χ1n) is 9.52. The number of carbonyl (C=O) groups is 1. The van der Waals surface area contributed by atoms with Gasteiger partial charge < -0.3 is 10.2 Å². The molecule has 1 aliphatic rings. The number of hydrogen-bond acceptors (Lipinski definition) is 3. The molecule has 0 spiro atoms.